The van der Waals surface area contributed by atoms with Crippen LogP contribution in [-0.2, 0) is 16.4 Å². The summed E-state index contributed by atoms with van der Waals surface area (Å²) in [5, 5.41) is 15.8. The smallest absolute Gasteiger partial charge is 0.253 e. The number of carbonyl (C=O) groups excluding carboxylic acids is 2. The van der Waals surface area contributed by atoms with Gasteiger partial charge in [-0.05, 0) is 62.1 Å². The van der Waals surface area contributed by atoms with Gasteiger partial charge in [0.2, 0.25) is 0 Å². The molecule has 2 unspecified atom stereocenters. The van der Waals surface area contributed by atoms with Crippen LogP contribution in [0.4, 0.5) is 0 Å². The van der Waals surface area contributed by atoms with Gasteiger partial charge in [-0.2, -0.15) is 0 Å². The molecule has 2 amide bonds. The van der Waals surface area contributed by atoms with Gasteiger partial charge in [0.25, 0.3) is 21.8 Å². The molecule has 0 radical (unpaired) electrons. The van der Waals surface area contributed by atoms with E-state index >= 15 is 0 Å². The number of benzene rings is 3. The molecule has 0 fully saturated rings. The lowest BCUT2D eigenvalue weighted by Gasteiger charge is -2.30. The maximum Gasteiger partial charge on any atom is 0.253 e. The van der Waals surface area contributed by atoms with Gasteiger partial charge in [0.15, 0.2) is 0 Å². The number of rotatable bonds is 16. The molecule has 3 rings (SSSR count). The van der Waals surface area contributed by atoms with Gasteiger partial charge < -0.3 is 15.3 Å². The van der Waals surface area contributed by atoms with E-state index in [2.05, 4.69) is 22.0 Å². The Bertz CT molecular complexity index is 1560. The van der Waals surface area contributed by atoms with Crippen LogP contribution >= 0.6 is 0 Å². The van der Waals surface area contributed by atoms with Crippen LogP contribution in [0.15, 0.2) is 83.8 Å². The lowest BCUT2D eigenvalue weighted by atomic mass is 9.99. The number of carbonyl (C=O) groups is 2. The predicted molar refractivity (Wildman–Crippen MR) is 177 cm³/mol. The SMILES string of the molecule is CC#Cc1cc(C(=O)NC(Cc2ccccc2)C(O)CN(CC)NS(=O)(=O)c2ccccc2)cc(C(=O)N(CCC)CCC)c1. The molecule has 3 aromatic carbocycles. The van der Waals surface area contributed by atoms with E-state index in [1.165, 1.54) is 17.1 Å². The van der Waals surface area contributed by atoms with Crippen molar-refractivity contribution in [2.75, 3.05) is 26.2 Å². The standard InChI is InChI=1S/C35H44N4O5S/c1-5-15-28-22-29(25-30(23-28)35(42)38(20-6-2)21-7-3)34(41)36-32(24-27-16-11-9-12-17-27)33(40)26-39(8-4)37-45(43,44)31-18-13-10-14-19-31/h9-14,16-19,22-23,25,32-33,37,40H,6-8,20-21,24,26H2,1-4H3,(H,36,41). The summed E-state index contributed by atoms with van der Waals surface area (Å²) < 4.78 is 25.9. The van der Waals surface area contributed by atoms with Gasteiger partial charge in [0, 0.05) is 42.9 Å². The highest BCUT2D eigenvalue weighted by Gasteiger charge is 2.27. The highest BCUT2D eigenvalue weighted by molar-refractivity contribution is 7.89. The van der Waals surface area contributed by atoms with Crippen molar-refractivity contribution in [3.63, 3.8) is 0 Å². The van der Waals surface area contributed by atoms with Crippen LogP contribution in [0, 0.1) is 11.8 Å². The summed E-state index contributed by atoms with van der Waals surface area (Å²) in [5.41, 5.74) is 2.03. The topological polar surface area (TPSA) is 119 Å². The molecule has 0 saturated carbocycles. The van der Waals surface area contributed by atoms with Gasteiger partial charge in [-0.3, -0.25) is 9.59 Å². The van der Waals surface area contributed by atoms with E-state index in [0.29, 0.717) is 24.2 Å². The van der Waals surface area contributed by atoms with Gasteiger partial charge in [-0.25, -0.2) is 13.4 Å². The Balaban J connectivity index is 1.89. The number of likely N-dealkylation sites (N-methyl/N-ethyl adjacent to an activating group) is 1. The summed E-state index contributed by atoms with van der Waals surface area (Å²) in [7, 11) is -3.88. The normalized spacial score (nSPS) is 12.6. The summed E-state index contributed by atoms with van der Waals surface area (Å²) in [6.45, 7) is 8.86. The van der Waals surface area contributed by atoms with Crippen molar-refractivity contribution in [1.29, 1.82) is 0 Å². The fourth-order valence-electron chi connectivity index (χ4n) is 4.95. The van der Waals surface area contributed by atoms with Gasteiger partial charge in [-0.15, -0.1) is 10.8 Å². The molecule has 0 aliphatic heterocycles. The zero-order valence-corrected chi connectivity index (χ0v) is 27.3. The summed E-state index contributed by atoms with van der Waals surface area (Å²) >= 11 is 0. The van der Waals surface area contributed by atoms with Crippen molar-refractivity contribution < 1.29 is 23.1 Å². The Morgan fingerprint density at radius 3 is 2.07 bits per heavy atom. The fourth-order valence-corrected chi connectivity index (χ4v) is 6.11. The maximum atomic E-state index is 13.8. The zero-order valence-electron chi connectivity index (χ0n) is 26.5. The third-order valence-corrected chi connectivity index (χ3v) is 8.55. The number of hydrogen-bond donors (Lipinski definition) is 3. The van der Waals surface area contributed by atoms with Crippen molar-refractivity contribution in [1.82, 2.24) is 20.1 Å². The molecule has 3 N–H and O–H groups in total. The Labute approximate surface area is 267 Å². The van der Waals surface area contributed by atoms with Crippen molar-refractivity contribution in [2.24, 2.45) is 0 Å². The van der Waals surface area contributed by atoms with Crippen LogP contribution in [0.1, 0.15) is 72.4 Å². The van der Waals surface area contributed by atoms with Crippen LogP contribution in [-0.4, -0.2) is 73.6 Å². The van der Waals surface area contributed by atoms with E-state index in [-0.39, 0.29) is 35.9 Å². The third-order valence-electron chi connectivity index (χ3n) is 7.16. The van der Waals surface area contributed by atoms with Gasteiger partial charge in [0.05, 0.1) is 17.0 Å². The number of nitrogens with zero attached hydrogens (tertiary/aromatic N) is 2. The number of hydrazine groups is 1. The molecule has 2 atom stereocenters. The highest BCUT2D eigenvalue weighted by atomic mass is 32.2. The van der Waals surface area contributed by atoms with Crippen molar-refractivity contribution in [3.05, 3.63) is 101 Å². The Morgan fingerprint density at radius 2 is 1.49 bits per heavy atom. The molecule has 0 aliphatic rings. The van der Waals surface area contributed by atoms with E-state index in [1.807, 2.05) is 44.2 Å². The van der Waals surface area contributed by atoms with Gasteiger partial charge >= 0.3 is 0 Å². The van der Waals surface area contributed by atoms with E-state index < -0.39 is 28.1 Å². The van der Waals surface area contributed by atoms with Crippen molar-refractivity contribution in [2.45, 2.75) is 64.0 Å². The predicted octanol–water partition coefficient (Wildman–Crippen LogP) is 4.24. The summed E-state index contributed by atoms with van der Waals surface area (Å²) in [6, 6.07) is 21.5. The number of aliphatic hydroxyl groups is 1. The molecule has 0 saturated heterocycles. The van der Waals surface area contributed by atoms with Crippen molar-refractivity contribution in [3.8, 4) is 11.8 Å². The van der Waals surface area contributed by atoms with Crippen LogP contribution < -0.4 is 10.1 Å². The minimum absolute atomic E-state index is 0.0889. The monoisotopic (exact) mass is 632 g/mol. The third kappa shape index (κ3) is 10.5. The molecule has 0 heterocycles. The molecular weight excluding hydrogens is 588 g/mol. The fraction of sp³-hybridized carbons (Fsp3) is 0.371. The number of aliphatic hydroxyl groups excluding tert-OH is 1. The molecular formula is C35H44N4O5S. The molecule has 9 nitrogen and oxygen atoms in total. The van der Waals surface area contributed by atoms with E-state index in [4.69, 9.17) is 0 Å². The number of amides is 2. The first-order valence-corrected chi connectivity index (χ1v) is 16.8. The lowest BCUT2D eigenvalue weighted by molar-refractivity contribution is 0.0635. The molecule has 45 heavy (non-hydrogen) atoms. The zero-order chi connectivity index (χ0) is 32.8. The number of hydrogen-bond acceptors (Lipinski definition) is 6. The largest absolute Gasteiger partial charge is 0.390 e. The molecule has 10 heteroatoms. The van der Waals surface area contributed by atoms with Crippen LogP contribution in [0.25, 0.3) is 0 Å². The summed E-state index contributed by atoms with van der Waals surface area (Å²) in [5.74, 6) is 5.16. The maximum absolute atomic E-state index is 13.8. The van der Waals surface area contributed by atoms with E-state index in [1.54, 1.807) is 55.1 Å². The van der Waals surface area contributed by atoms with Crippen LogP contribution in [0.5, 0.6) is 0 Å². The average molecular weight is 633 g/mol. The second-order valence-corrected chi connectivity index (χ2v) is 12.4. The minimum atomic E-state index is -3.88. The summed E-state index contributed by atoms with van der Waals surface area (Å²) in [6.07, 6.45) is 0.751. The molecule has 0 bridgehead atoms. The second kappa shape index (κ2) is 17.5. The number of sulfonamides is 1. The molecule has 240 valence electrons. The van der Waals surface area contributed by atoms with Crippen LogP contribution in [0.2, 0.25) is 0 Å². The molecule has 3 aromatic rings. The lowest BCUT2D eigenvalue weighted by Crippen LogP contribution is -2.53. The first-order chi connectivity index (χ1) is 21.6. The Morgan fingerprint density at radius 1 is 0.889 bits per heavy atom. The van der Waals surface area contributed by atoms with Gasteiger partial charge in [0.1, 0.15) is 0 Å². The van der Waals surface area contributed by atoms with Gasteiger partial charge in [-0.1, -0.05) is 75.2 Å². The van der Waals surface area contributed by atoms with E-state index in [9.17, 15) is 23.1 Å². The Hall–Kier alpha value is -4.01. The number of nitrogens with one attached hydrogen (secondary N) is 2. The first kappa shape index (κ1) is 35.5. The van der Waals surface area contributed by atoms with Crippen molar-refractivity contribution >= 4 is 21.8 Å². The molecule has 0 aromatic heterocycles. The highest BCUT2D eigenvalue weighted by Crippen LogP contribution is 2.16. The first-order valence-electron chi connectivity index (χ1n) is 15.3. The molecule has 0 aliphatic carbocycles. The molecule has 0 spiro atoms. The quantitative estimate of drug-likeness (QED) is 0.161. The average Bonchev–Trinajstić information content (AvgIpc) is 3.04. The second-order valence-electron chi connectivity index (χ2n) is 10.7. The summed E-state index contributed by atoms with van der Waals surface area (Å²) in [4.78, 5) is 31.6. The minimum Gasteiger partial charge on any atom is -0.390 e. The van der Waals surface area contributed by atoms with E-state index in [0.717, 1.165) is 18.4 Å². The van der Waals surface area contributed by atoms with Crippen LogP contribution in [0.3, 0.4) is 0 Å². The Kier molecular flexibility index (Phi) is 13.8.